The van der Waals surface area contributed by atoms with E-state index in [2.05, 4.69) is 51.4 Å². The topological polar surface area (TPSA) is 50.9 Å². The van der Waals surface area contributed by atoms with Gasteiger partial charge in [0.15, 0.2) is 0 Å². The predicted molar refractivity (Wildman–Crippen MR) is 83.0 cm³/mol. The molecule has 0 saturated carbocycles. The van der Waals surface area contributed by atoms with E-state index in [9.17, 15) is 0 Å². The third-order valence-electron chi connectivity index (χ3n) is 3.23. The molecule has 3 N–H and O–H groups in total. The quantitative estimate of drug-likeness (QED) is 0.909. The summed E-state index contributed by atoms with van der Waals surface area (Å²) in [5.41, 5.74) is 9.41. The van der Waals surface area contributed by atoms with E-state index in [1.807, 2.05) is 19.2 Å². The van der Waals surface area contributed by atoms with E-state index in [-0.39, 0.29) is 6.04 Å². The van der Waals surface area contributed by atoms with Crippen LogP contribution in [0.1, 0.15) is 22.7 Å². The van der Waals surface area contributed by atoms with Gasteiger partial charge in [0.05, 0.1) is 0 Å². The van der Waals surface area contributed by atoms with Gasteiger partial charge in [-0.3, -0.25) is 0 Å². The van der Waals surface area contributed by atoms with Gasteiger partial charge in [0, 0.05) is 16.7 Å². The summed E-state index contributed by atoms with van der Waals surface area (Å²) in [6, 6.07) is 10.6. The molecule has 19 heavy (non-hydrogen) atoms. The zero-order chi connectivity index (χ0) is 13.8. The highest BCUT2D eigenvalue weighted by Crippen LogP contribution is 2.24. The van der Waals surface area contributed by atoms with Crippen LogP contribution in [0.25, 0.3) is 0 Å². The minimum absolute atomic E-state index is 0.263. The molecule has 2 aromatic rings. The second-order valence-electron chi connectivity index (χ2n) is 4.64. The number of anilines is 1. The number of hydrogen-bond donors (Lipinski definition) is 2. The Labute approximate surface area is 122 Å². The normalized spacial score (nSPS) is 12.4. The van der Waals surface area contributed by atoms with Crippen LogP contribution in [-0.2, 0) is 6.42 Å². The largest absolute Gasteiger partial charge is 0.384 e. The van der Waals surface area contributed by atoms with Crippen molar-refractivity contribution in [1.82, 2.24) is 10.3 Å². The smallest absolute Gasteiger partial charge is 0.123 e. The lowest BCUT2D eigenvalue weighted by Crippen LogP contribution is -2.19. The monoisotopic (exact) mass is 319 g/mol. The maximum atomic E-state index is 5.72. The summed E-state index contributed by atoms with van der Waals surface area (Å²) < 4.78 is 1.14. The molecule has 1 aromatic heterocycles. The summed E-state index contributed by atoms with van der Waals surface area (Å²) in [5, 5.41) is 3.35. The van der Waals surface area contributed by atoms with Crippen LogP contribution >= 0.6 is 15.9 Å². The molecule has 0 fully saturated rings. The fourth-order valence-electron chi connectivity index (χ4n) is 2.07. The van der Waals surface area contributed by atoms with Crippen molar-refractivity contribution in [3.63, 3.8) is 0 Å². The summed E-state index contributed by atoms with van der Waals surface area (Å²) in [6.07, 6.45) is 2.64. The Bertz CT molecular complexity index is 569. The van der Waals surface area contributed by atoms with Gasteiger partial charge in [0.25, 0.3) is 0 Å². The Morgan fingerprint density at radius 3 is 2.74 bits per heavy atom. The van der Waals surface area contributed by atoms with E-state index in [0.717, 1.165) is 10.9 Å². The molecule has 0 spiro atoms. The number of nitrogens with two attached hydrogens (primary N) is 1. The number of hydrogen-bond acceptors (Lipinski definition) is 3. The van der Waals surface area contributed by atoms with Gasteiger partial charge < -0.3 is 11.1 Å². The zero-order valence-electron chi connectivity index (χ0n) is 11.2. The lowest BCUT2D eigenvalue weighted by molar-refractivity contribution is 0.591. The maximum Gasteiger partial charge on any atom is 0.123 e. The van der Waals surface area contributed by atoms with E-state index < -0.39 is 0 Å². The van der Waals surface area contributed by atoms with Crippen LogP contribution in [0.3, 0.4) is 0 Å². The predicted octanol–water partition coefficient (Wildman–Crippen LogP) is 3.24. The van der Waals surface area contributed by atoms with Crippen molar-refractivity contribution in [2.45, 2.75) is 19.4 Å². The first kappa shape index (κ1) is 14.0. The van der Waals surface area contributed by atoms with Gasteiger partial charge in [-0.2, -0.15) is 0 Å². The zero-order valence-corrected chi connectivity index (χ0v) is 12.7. The van der Waals surface area contributed by atoms with Crippen molar-refractivity contribution in [1.29, 1.82) is 0 Å². The molecular weight excluding hydrogens is 302 g/mol. The van der Waals surface area contributed by atoms with E-state index in [1.54, 1.807) is 6.20 Å². The van der Waals surface area contributed by atoms with Gasteiger partial charge in [-0.05, 0) is 55.3 Å². The van der Waals surface area contributed by atoms with Crippen LogP contribution in [0, 0.1) is 6.92 Å². The first-order valence-electron chi connectivity index (χ1n) is 6.24. The van der Waals surface area contributed by atoms with Gasteiger partial charge >= 0.3 is 0 Å². The second-order valence-corrected chi connectivity index (χ2v) is 5.50. The molecular formula is C15H18BrN3. The average molecular weight is 320 g/mol. The van der Waals surface area contributed by atoms with Gasteiger partial charge in [0.2, 0.25) is 0 Å². The van der Waals surface area contributed by atoms with Gasteiger partial charge in [-0.1, -0.05) is 28.1 Å². The van der Waals surface area contributed by atoms with Gasteiger partial charge in [-0.25, -0.2) is 4.98 Å². The first-order chi connectivity index (χ1) is 9.10. The average Bonchev–Trinajstić information content (AvgIpc) is 2.39. The number of likely N-dealkylation sites (N-methyl/N-ethyl adjacent to an activating group) is 1. The summed E-state index contributed by atoms with van der Waals surface area (Å²) in [7, 11) is 1.98. The molecule has 1 atom stereocenters. The van der Waals surface area contributed by atoms with Crippen LogP contribution < -0.4 is 11.1 Å². The van der Waals surface area contributed by atoms with Crippen LogP contribution in [0.5, 0.6) is 0 Å². The van der Waals surface area contributed by atoms with E-state index in [4.69, 9.17) is 5.73 Å². The molecule has 0 bridgehead atoms. The molecule has 2 rings (SSSR count). The molecule has 3 nitrogen and oxygen atoms in total. The number of aryl methyl sites for hydroxylation is 1. The molecule has 4 heteroatoms. The molecule has 1 heterocycles. The van der Waals surface area contributed by atoms with Gasteiger partial charge in [0.1, 0.15) is 5.82 Å². The number of aromatic nitrogens is 1. The summed E-state index contributed by atoms with van der Waals surface area (Å²) in [4.78, 5) is 4.02. The van der Waals surface area contributed by atoms with E-state index >= 15 is 0 Å². The highest BCUT2D eigenvalue weighted by molar-refractivity contribution is 9.10. The van der Waals surface area contributed by atoms with Crippen molar-refractivity contribution in [3.05, 3.63) is 57.7 Å². The van der Waals surface area contributed by atoms with E-state index in [1.165, 1.54) is 16.7 Å². The minimum atomic E-state index is 0.263. The Morgan fingerprint density at radius 2 is 2.11 bits per heavy atom. The Morgan fingerprint density at radius 1 is 1.32 bits per heavy atom. The number of halogens is 1. The fraction of sp³-hybridized carbons (Fsp3) is 0.267. The van der Waals surface area contributed by atoms with Crippen molar-refractivity contribution in [2.75, 3.05) is 12.8 Å². The first-order valence-corrected chi connectivity index (χ1v) is 7.03. The third kappa shape index (κ3) is 3.55. The molecule has 0 aliphatic heterocycles. The molecule has 0 saturated heterocycles. The minimum Gasteiger partial charge on any atom is -0.384 e. The van der Waals surface area contributed by atoms with Gasteiger partial charge in [-0.15, -0.1) is 0 Å². The third-order valence-corrected chi connectivity index (χ3v) is 4.09. The Balaban J connectivity index is 2.22. The lowest BCUT2D eigenvalue weighted by atomic mass is 9.98. The molecule has 1 aromatic carbocycles. The molecule has 0 aliphatic rings. The van der Waals surface area contributed by atoms with Crippen LogP contribution in [-0.4, -0.2) is 12.0 Å². The standard InChI is InChI=1S/C15H18BrN3/c1-10-3-4-12(9-13(10)16)14(18-2)7-11-5-6-19-15(17)8-11/h3-6,8-9,14,18H,7H2,1-2H3,(H2,17,19). The summed E-state index contributed by atoms with van der Waals surface area (Å²) in [5.74, 6) is 0.567. The van der Waals surface area contributed by atoms with Crippen LogP contribution in [0.4, 0.5) is 5.82 Å². The fourth-order valence-corrected chi connectivity index (χ4v) is 2.47. The Hall–Kier alpha value is -1.39. The SMILES string of the molecule is CNC(Cc1ccnc(N)c1)c1ccc(C)c(Br)c1. The lowest BCUT2D eigenvalue weighted by Gasteiger charge is -2.18. The summed E-state index contributed by atoms with van der Waals surface area (Å²) in [6.45, 7) is 2.09. The van der Waals surface area contributed by atoms with Crippen molar-refractivity contribution >= 4 is 21.7 Å². The van der Waals surface area contributed by atoms with Crippen LogP contribution in [0.15, 0.2) is 41.0 Å². The molecule has 0 radical (unpaired) electrons. The van der Waals surface area contributed by atoms with Crippen molar-refractivity contribution in [3.8, 4) is 0 Å². The highest BCUT2D eigenvalue weighted by Gasteiger charge is 2.11. The van der Waals surface area contributed by atoms with Crippen molar-refractivity contribution < 1.29 is 0 Å². The number of pyridine rings is 1. The highest BCUT2D eigenvalue weighted by atomic mass is 79.9. The molecule has 100 valence electrons. The number of rotatable bonds is 4. The summed E-state index contributed by atoms with van der Waals surface area (Å²) >= 11 is 3.58. The number of nitrogen functional groups attached to an aromatic ring is 1. The Kier molecular flexibility index (Phi) is 4.56. The molecule has 0 aliphatic carbocycles. The number of nitrogens with one attached hydrogen (secondary N) is 1. The van der Waals surface area contributed by atoms with Crippen LogP contribution in [0.2, 0.25) is 0 Å². The van der Waals surface area contributed by atoms with Crippen molar-refractivity contribution in [2.24, 2.45) is 0 Å². The number of benzene rings is 1. The molecule has 1 unspecified atom stereocenters. The second kappa shape index (κ2) is 6.17. The maximum absolute atomic E-state index is 5.72. The number of nitrogens with zero attached hydrogens (tertiary/aromatic N) is 1. The van der Waals surface area contributed by atoms with E-state index in [0.29, 0.717) is 5.82 Å². The molecule has 0 amide bonds.